The van der Waals surface area contributed by atoms with Crippen molar-refractivity contribution in [3.8, 4) is 0 Å². The second-order valence-electron chi connectivity index (χ2n) is 19.4. The molecule has 6 aliphatic carbocycles. The highest BCUT2D eigenvalue weighted by atomic mass is 16.4. The first-order valence-electron chi connectivity index (χ1n) is 19.9. The van der Waals surface area contributed by atoms with Crippen molar-refractivity contribution in [3.63, 3.8) is 0 Å². The molecular weight excluding hydrogens is 596 g/mol. The summed E-state index contributed by atoms with van der Waals surface area (Å²) in [6.07, 6.45) is 12.8. The lowest BCUT2D eigenvalue weighted by Gasteiger charge is -2.67. The van der Waals surface area contributed by atoms with Gasteiger partial charge in [0.1, 0.15) is 5.78 Å². The zero-order valence-corrected chi connectivity index (χ0v) is 31.8. The third kappa shape index (κ3) is 5.79. The third-order valence-corrected chi connectivity index (χ3v) is 16.5. The first-order valence-corrected chi connectivity index (χ1v) is 19.9. The van der Waals surface area contributed by atoms with Crippen molar-refractivity contribution in [1.29, 1.82) is 0 Å². The Morgan fingerprint density at radius 2 is 1.60 bits per heavy atom. The first kappa shape index (κ1) is 36.3. The number of ketones is 2. The monoisotopic (exact) mass is 665 g/mol. The first-order chi connectivity index (χ1) is 22.5. The Morgan fingerprint density at radius 1 is 0.938 bits per heavy atom. The van der Waals surface area contributed by atoms with Crippen LogP contribution in [-0.2, 0) is 14.4 Å². The molecule has 48 heavy (non-hydrogen) atoms. The van der Waals surface area contributed by atoms with Crippen LogP contribution in [0.15, 0.2) is 11.1 Å². The number of carbonyl (C=O) groups is 3. The molecule has 0 heterocycles. The molecule has 5 saturated carbocycles. The maximum absolute atomic E-state index is 13.8. The van der Waals surface area contributed by atoms with Crippen LogP contribution in [0.2, 0.25) is 0 Å². The predicted octanol–water partition coefficient (Wildman–Crippen LogP) is 8.10. The number of Topliss-reactive ketones (excluding diaryl/α,β-unsaturated/α-hetero) is 2. The van der Waals surface area contributed by atoms with Crippen LogP contribution in [0.4, 0.5) is 0 Å². The molecule has 0 radical (unpaired) electrons. The highest BCUT2D eigenvalue weighted by Gasteiger charge is 2.64. The van der Waals surface area contributed by atoms with Crippen molar-refractivity contribution >= 4 is 17.5 Å². The van der Waals surface area contributed by atoms with E-state index in [-0.39, 0.29) is 28.7 Å². The van der Waals surface area contributed by atoms with E-state index in [9.17, 15) is 19.5 Å². The number of fused-ring (bicyclic) bond motifs is 7. The second kappa shape index (κ2) is 12.9. The Labute approximate surface area is 291 Å². The Kier molecular flexibility index (Phi) is 9.75. The van der Waals surface area contributed by atoms with Crippen molar-refractivity contribution < 1.29 is 19.5 Å². The zero-order valence-electron chi connectivity index (χ0n) is 31.8. The number of hydrogen-bond acceptors (Lipinski definition) is 5. The molecule has 5 fully saturated rings. The molecule has 12 atom stereocenters. The van der Waals surface area contributed by atoms with Crippen molar-refractivity contribution in [2.75, 3.05) is 20.1 Å². The number of carboxylic acids is 1. The number of rotatable bonds is 11. The van der Waals surface area contributed by atoms with Gasteiger partial charge in [-0.05, 0) is 155 Å². The van der Waals surface area contributed by atoms with E-state index in [1.165, 1.54) is 44.1 Å². The number of carboxylic acid groups (broad SMARTS) is 1. The summed E-state index contributed by atoms with van der Waals surface area (Å²) < 4.78 is 0. The minimum atomic E-state index is -0.741. The van der Waals surface area contributed by atoms with Crippen LogP contribution in [0.1, 0.15) is 132 Å². The van der Waals surface area contributed by atoms with Crippen LogP contribution >= 0.6 is 0 Å². The summed E-state index contributed by atoms with van der Waals surface area (Å²) in [6, 6.07) is 0. The van der Waals surface area contributed by atoms with E-state index in [0.29, 0.717) is 76.7 Å². The van der Waals surface area contributed by atoms with Crippen molar-refractivity contribution in [2.45, 2.75) is 138 Å². The van der Waals surface area contributed by atoms with Crippen molar-refractivity contribution in [3.05, 3.63) is 11.1 Å². The van der Waals surface area contributed by atoms with E-state index in [1.54, 1.807) is 5.57 Å². The van der Waals surface area contributed by atoms with Crippen LogP contribution < -0.4 is 10.6 Å². The number of aliphatic carboxylic acids is 1. The summed E-state index contributed by atoms with van der Waals surface area (Å²) in [4.78, 5) is 38.8. The van der Waals surface area contributed by atoms with Gasteiger partial charge < -0.3 is 15.7 Å². The fraction of sp³-hybridized carbons (Fsp3) is 0.881. The number of hydrogen-bond donors (Lipinski definition) is 3. The second-order valence-corrected chi connectivity index (χ2v) is 19.4. The van der Waals surface area contributed by atoms with Gasteiger partial charge in [0, 0.05) is 36.3 Å². The van der Waals surface area contributed by atoms with Crippen LogP contribution in [0.3, 0.4) is 0 Å². The average molecular weight is 665 g/mol. The third-order valence-electron chi connectivity index (χ3n) is 16.5. The Bertz CT molecular complexity index is 1320. The maximum Gasteiger partial charge on any atom is 0.306 e. The highest BCUT2D eigenvalue weighted by Crippen LogP contribution is 2.72. The molecule has 6 nitrogen and oxygen atoms in total. The molecule has 0 spiro atoms. The van der Waals surface area contributed by atoms with Crippen molar-refractivity contribution in [2.24, 2.45) is 75.4 Å². The molecule has 3 N–H and O–H groups in total. The molecule has 0 aromatic rings. The van der Waals surface area contributed by atoms with Gasteiger partial charge in [-0.3, -0.25) is 14.4 Å². The molecule has 270 valence electrons. The summed E-state index contributed by atoms with van der Waals surface area (Å²) in [5.74, 6) is 3.40. The zero-order chi connectivity index (χ0) is 35.0. The summed E-state index contributed by atoms with van der Waals surface area (Å²) in [7, 11) is 2.03. The van der Waals surface area contributed by atoms with Gasteiger partial charge in [0.15, 0.2) is 5.78 Å². The van der Waals surface area contributed by atoms with E-state index < -0.39 is 5.97 Å². The topological polar surface area (TPSA) is 95.5 Å². The maximum atomic E-state index is 13.8. The van der Waals surface area contributed by atoms with Crippen LogP contribution in [0, 0.1) is 75.4 Å². The highest BCUT2D eigenvalue weighted by molar-refractivity contribution is 6.00. The molecule has 6 heteroatoms. The van der Waals surface area contributed by atoms with Gasteiger partial charge >= 0.3 is 5.97 Å². The molecule has 0 aromatic carbocycles. The van der Waals surface area contributed by atoms with Gasteiger partial charge in [0.05, 0.1) is 5.92 Å². The quantitative estimate of drug-likeness (QED) is 0.193. The SMILES string of the molecule is CNC(C)(C)CNCCC12CCC3C(CCC4C3(C)CCC3C(C)C(CC(=O)C5CC(C(=O)O)C5C)CCC34C)C1=C(C(C)C)C(=O)C2. The Balaban J connectivity index is 1.18. The summed E-state index contributed by atoms with van der Waals surface area (Å²) in [6.45, 7) is 20.6. The summed E-state index contributed by atoms with van der Waals surface area (Å²) in [5, 5.41) is 16.6. The minimum Gasteiger partial charge on any atom is -0.481 e. The van der Waals surface area contributed by atoms with Crippen LogP contribution in [0.5, 0.6) is 0 Å². The van der Waals surface area contributed by atoms with Gasteiger partial charge in [0.2, 0.25) is 0 Å². The van der Waals surface area contributed by atoms with E-state index >= 15 is 0 Å². The Hall–Kier alpha value is -1.53. The molecule has 0 aliphatic heterocycles. The fourth-order valence-electron chi connectivity index (χ4n) is 13.5. The normalized spacial score (nSPS) is 44.0. The average Bonchev–Trinajstić information content (AvgIpc) is 3.32. The largest absolute Gasteiger partial charge is 0.481 e. The van der Waals surface area contributed by atoms with E-state index in [0.717, 1.165) is 38.8 Å². The van der Waals surface area contributed by atoms with Crippen molar-refractivity contribution in [1.82, 2.24) is 10.6 Å². The lowest BCUT2D eigenvalue weighted by Crippen LogP contribution is -2.60. The molecule has 12 unspecified atom stereocenters. The molecule has 6 aliphatic rings. The smallest absolute Gasteiger partial charge is 0.306 e. The van der Waals surface area contributed by atoms with Gasteiger partial charge in [0.25, 0.3) is 0 Å². The standard InChI is InChI=1S/C42H68N2O4/c1-24(2)36-34(46)22-42(18-19-44-23-39(5,6)43-9)17-14-32-28(37(36)42)10-11-35-40(7)15-12-27(25(3)31(40)13-16-41(32,35)8)20-33(45)29-21-30(26(29)4)38(47)48/h24-32,35,43-44H,10-23H2,1-9H3,(H,47,48). The molecule has 6 rings (SSSR count). The summed E-state index contributed by atoms with van der Waals surface area (Å²) in [5.41, 5.74) is 3.50. The molecule has 0 bridgehead atoms. The molecule has 0 aromatic heterocycles. The number of carbonyl (C=O) groups excluding carboxylic acids is 2. The summed E-state index contributed by atoms with van der Waals surface area (Å²) >= 11 is 0. The van der Waals surface area contributed by atoms with Gasteiger partial charge in [-0.1, -0.05) is 47.1 Å². The van der Waals surface area contributed by atoms with Crippen LogP contribution in [-0.4, -0.2) is 48.3 Å². The predicted molar refractivity (Wildman–Crippen MR) is 192 cm³/mol. The Morgan fingerprint density at radius 3 is 2.25 bits per heavy atom. The van der Waals surface area contributed by atoms with Crippen LogP contribution in [0.25, 0.3) is 0 Å². The van der Waals surface area contributed by atoms with Gasteiger partial charge in [-0.25, -0.2) is 0 Å². The fourth-order valence-corrected chi connectivity index (χ4v) is 13.5. The molecule has 0 saturated heterocycles. The van der Waals surface area contributed by atoms with Gasteiger partial charge in [-0.15, -0.1) is 0 Å². The molecular formula is C42H68N2O4. The minimum absolute atomic E-state index is 0.0257. The van der Waals surface area contributed by atoms with E-state index in [1.807, 2.05) is 14.0 Å². The van der Waals surface area contributed by atoms with E-state index in [2.05, 4.69) is 59.1 Å². The number of allylic oxidation sites excluding steroid dienone is 2. The van der Waals surface area contributed by atoms with E-state index in [4.69, 9.17) is 0 Å². The lowest BCUT2D eigenvalue weighted by molar-refractivity contribution is -0.172. The number of nitrogens with one attached hydrogen (secondary N) is 2. The lowest BCUT2D eigenvalue weighted by atomic mass is 9.37. The van der Waals surface area contributed by atoms with Gasteiger partial charge in [-0.2, -0.15) is 0 Å². The number of likely N-dealkylation sites (N-methyl/N-ethyl adjacent to an activating group) is 1. The molecule has 0 amide bonds.